The number of rotatable bonds is 6. The Morgan fingerprint density at radius 1 is 0.852 bits per heavy atom. The largest absolute Gasteiger partial charge is 0.369 e. The summed E-state index contributed by atoms with van der Waals surface area (Å²) in [4.78, 5) is 21.2. The van der Waals surface area contributed by atoms with Gasteiger partial charge in [0.05, 0.1) is 5.52 Å². The van der Waals surface area contributed by atoms with E-state index in [0.717, 1.165) is 35.2 Å². The van der Waals surface area contributed by atoms with E-state index in [9.17, 15) is 4.79 Å². The number of aryl methyl sites for hydroxylation is 1. The van der Waals surface area contributed by atoms with Crippen molar-refractivity contribution in [2.24, 2.45) is 0 Å². The van der Waals surface area contributed by atoms with Crippen molar-refractivity contribution in [1.82, 2.24) is 14.5 Å². The average Bonchev–Trinajstić information content (AvgIpc) is 2.73. The molecule has 0 unspecified atom stereocenters. The first-order valence-electron chi connectivity index (χ1n) is 9.03. The monoisotopic (exact) mass is 356 g/mol. The minimum Gasteiger partial charge on any atom is -0.369 e. The summed E-state index contributed by atoms with van der Waals surface area (Å²) in [5.41, 5.74) is 1.92. The van der Waals surface area contributed by atoms with Crippen LogP contribution in [0.15, 0.2) is 83.8 Å². The Bertz CT molecular complexity index is 1110. The van der Waals surface area contributed by atoms with E-state index < -0.39 is 0 Å². The van der Waals surface area contributed by atoms with Crippen molar-refractivity contribution < 1.29 is 0 Å². The van der Waals surface area contributed by atoms with Crippen LogP contribution in [0.25, 0.3) is 22.3 Å². The van der Waals surface area contributed by atoms with E-state index in [4.69, 9.17) is 9.97 Å². The summed E-state index contributed by atoms with van der Waals surface area (Å²) >= 11 is 0. The van der Waals surface area contributed by atoms with Crippen LogP contribution in [0.4, 0.5) is 5.82 Å². The zero-order valence-corrected chi connectivity index (χ0v) is 14.9. The quantitative estimate of drug-likeness (QED) is 0.531. The van der Waals surface area contributed by atoms with Gasteiger partial charge in [0, 0.05) is 36.3 Å². The van der Waals surface area contributed by atoms with Crippen LogP contribution in [0, 0.1) is 0 Å². The molecule has 0 spiro atoms. The number of aromatic nitrogens is 3. The van der Waals surface area contributed by atoms with Crippen LogP contribution in [0.3, 0.4) is 0 Å². The number of benzene rings is 2. The number of nitrogens with one attached hydrogen (secondary N) is 1. The maximum Gasteiger partial charge on any atom is 0.250 e. The van der Waals surface area contributed by atoms with Crippen LogP contribution < -0.4 is 10.9 Å². The van der Waals surface area contributed by atoms with E-state index in [0.29, 0.717) is 12.4 Å². The smallest absolute Gasteiger partial charge is 0.250 e. The van der Waals surface area contributed by atoms with E-state index in [1.807, 2.05) is 66.9 Å². The van der Waals surface area contributed by atoms with Gasteiger partial charge < -0.3 is 9.88 Å². The Kier molecular flexibility index (Phi) is 4.92. The van der Waals surface area contributed by atoms with E-state index >= 15 is 0 Å². The minimum absolute atomic E-state index is 0.0244. The van der Waals surface area contributed by atoms with Gasteiger partial charge in [-0.3, -0.25) is 4.79 Å². The van der Waals surface area contributed by atoms with Gasteiger partial charge in [-0.2, -0.15) is 0 Å². The first-order valence-corrected chi connectivity index (χ1v) is 9.03. The van der Waals surface area contributed by atoms with Crippen LogP contribution in [0.2, 0.25) is 0 Å². The van der Waals surface area contributed by atoms with Gasteiger partial charge in [-0.05, 0) is 24.6 Å². The molecule has 0 saturated heterocycles. The van der Waals surface area contributed by atoms with Gasteiger partial charge in [-0.15, -0.1) is 0 Å². The van der Waals surface area contributed by atoms with Crippen LogP contribution in [-0.4, -0.2) is 21.1 Å². The normalized spacial score (nSPS) is 10.8. The van der Waals surface area contributed by atoms with Gasteiger partial charge in [0.2, 0.25) is 5.56 Å². The second-order valence-electron chi connectivity index (χ2n) is 6.29. The van der Waals surface area contributed by atoms with Crippen molar-refractivity contribution in [3.05, 3.63) is 89.3 Å². The summed E-state index contributed by atoms with van der Waals surface area (Å²) in [6.07, 6.45) is 2.64. The SMILES string of the molecule is O=c1ccccn1CCCNc1nc(-c2ccccc2)nc2ccccc12. The highest BCUT2D eigenvalue weighted by Gasteiger charge is 2.08. The number of anilines is 1. The molecule has 0 aliphatic rings. The zero-order chi connectivity index (χ0) is 18.5. The third kappa shape index (κ3) is 3.87. The Morgan fingerprint density at radius 2 is 1.63 bits per heavy atom. The maximum absolute atomic E-state index is 11.8. The molecule has 2 aromatic carbocycles. The molecule has 27 heavy (non-hydrogen) atoms. The fourth-order valence-electron chi connectivity index (χ4n) is 3.03. The molecular formula is C22H20N4O. The number of nitrogens with zero attached hydrogens (tertiary/aromatic N) is 3. The molecule has 2 aromatic heterocycles. The molecule has 0 aliphatic carbocycles. The standard InChI is InChI=1S/C22H20N4O/c27-20-13-6-7-15-26(20)16-8-14-23-22-18-11-4-5-12-19(18)24-21(25-22)17-9-2-1-3-10-17/h1-7,9-13,15H,8,14,16H2,(H,23,24,25). The van der Waals surface area contributed by atoms with Gasteiger partial charge in [-0.1, -0.05) is 48.5 Å². The molecule has 4 aromatic rings. The molecule has 5 nitrogen and oxygen atoms in total. The molecule has 0 bridgehead atoms. The summed E-state index contributed by atoms with van der Waals surface area (Å²) in [7, 11) is 0. The third-order valence-electron chi connectivity index (χ3n) is 4.40. The lowest BCUT2D eigenvalue weighted by atomic mass is 10.2. The molecule has 0 atom stereocenters. The molecule has 2 heterocycles. The highest BCUT2D eigenvalue weighted by Crippen LogP contribution is 2.24. The molecule has 0 fully saturated rings. The third-order valence-corrected chi connectivity index (χ3v) is 4.40. The molecule has 1 N–H and O–H groups in total. The summed E-state index contributed by atoms with van der Waals surface area (Å²) in [6, 6.07) is 23.2. The van der Waals surface area contributed by atoms with Crippen molar-refractivity contribution in [2.45, 2.75) is 13.0 Å². The maximum atomic E-state index is 11.8. The van der Waals surface area contributed by atoms with E-state index in [2.05, 4.69) is 5.32 Å². The van der Waals surface area contributed by atoms with Gasteiger partial charge in [0.25, 0.3) is 0 Å². The van der Waals surface area contributed by atoms with Gasteiger partial charge in [0.1, 0.15) is 5.82 Å². The van der Waals surface area contributed by atoms with Crippen molar-refractivity contribution in [2.75, 3.05) is 11.9 Å². The second kappa shape index (κ2) is 7.83. The fourth-order valence-corrected chi connectivity index (χ4v) is 3.03. The first kappa shape index (κ1) is 17.0. The summed E-state index contributed by atoms with van der Waals surface area (Å²) in [6.45, 7) is 1.39. The summed E-state index contributed by atoms with van der Waals surface area (Å²) in [5, 5.41) is 4.42. The lowest BCUT2D eigenvalue weighted by Gasteiger charge is -2.11. The number of para-hydroxylation sites is 1. The van der Waals surface area contributed by atoms with Gasteiger partial charge in [-0.25, -0.2) is 9.97 Å². The molecule has 0 saturated carbocycles. The van der Waals surface area contributed by atoms with E-state index in [-0.39, 0.29) is 5.56 Å². The summed E-state index contributed by atoms with van der Waals surface area (Å²) < 4.78 is 1.72. The molecule has 0 aliphatic heterocycles. The highest BCUT2D eigenvalue weighted by atomic mass is 16.1. The van der Waals surface area contributed by atoms with Gasteiger partial charge in [0.15, 0.2) is 5.82 Å². The Morgan fingerprint density at radius 3 is 2.48 bits per heavy atom. The van der Waals surface area contributed by atoms with Crippen LogP contribution in [-0.2, 0) is 6.54 Å². The minimum atomic E-state index is 0.0244. The number of hydrogen-bond donors (Lipinski definition) is 1. The summed E-state index contributed by atoms with van der Waals surface area (Å²) in [5.74, 6) is 1.52. The number of fused-ring (bicyclic) bond motifs is 1. The van der Waals surface area contributed by atoms with Crippen LogP contribution >= 0.6 is 0 Å². The predicted molar refractivity (Wildman–Crippen MR) is 109 cm³/mol. The molecule has 5 heteroatoms. The van der Waals surface area contributed by atoms with Crippen molar-refractivity contribution in [3.63, 3.8) is 0 Å². The van der Waals surface area contributed by atoms with Crippen molar-refractivity contribution in [1.29, 1.82) is 0 Å². The second-order valence-corrected chi connectivity index (χ2v) is 6.29. The first-order chi connectivity index (χ1) is 13.3. The lowest BCUT2D eigenvalue weighted by molar-refractivity contribution is 0.638. The number of pyridine rings is 1. The van der Waals surface area contributed by atoms with Crippen LogP contribution in [0.1, 0.15) is 6.42 Å². The van der Waals surface area contributed by atoms with Crippen molar-refractivity contribution in [3.8, 4) is 11.4 Å². The lowest BCUT2D eigenvalue weighted by Crippen LogP contribution is -2.19. The fraction of sp³-hybridized carbons (Fsp3) is 0.136. The molecule has 0 amide bonds. The Labute approximate surface area is 157 Å². The van der Waals surface area contributed by atoms with Crippen LogP contribution in [0.5, 0.6) is 0 Å². The molecule has 134 valence electrons. The average molecular weight is 356 g/mol. The molecule has 0 radical (unpaired) electrons. The Hall–Kier alpha value is -3.47. The predicted octanol–water partition coefficient (Wildman–Crippen LogP) is 3.96. The number of hydrogen-bond acceptors (Lipinski definition) is 4. The van der Waals surface area contributed by atoms with E-state index in [1.165, 1.54) is 0 Å². The highest BCUT2D eigenvalue weighted by molar-refractivity contribution is 5.90. The zero-order valence-electron chi connectivity index (χ0n) is 14.9. The molecule has 4 rings (SSSR count). The Balaban J connectivity index is 1.55. The topological polar surface area (TPSA) is 59.8 Å². The van der Waals surface area contributed by atoms with Crippen molar-refractivity contribution >= 4 is 16.7 Å². The molecular weight excluding hydrogens is 336 g/mol. The van der Waals surface area contributed by atoms with E-state index in [1.54, 1.807) is 16.7 Å². The van der Waals surface area contributed by atoms with Gasteiger partial charge >= 0.3 is 0 Å².